The van der Waals surface area contributed by atoms with E-state index in [4.69, 9.17) is 4.74 Å². The fraction of sp³-hybridized carbons (Fsp3) is 0.766. The van der Waals surface area contributed by atoms with Gasteiger partial charge in [0.2, 0.25) is 5.91 Å². The number of esters is 1. The first-order valence-electron chi connectivity index (χ1n) is 21.8. The van der Waals surface area contributed by atoms with Crippen molar-refractivity contribution >= 4 is 23.6 Å². The van der Waals surface area contributed by atoms with Gasteiger partial charge in [-0.25, -0.2) is 0 Å². The second kappa shape index (κ2) is 15.5. The number of rotatable bonds is 13. The molecule has 0 aliphatic heterocycles. The molecule has 0 aromatic carbocycles. The summed E-state index contributed by atoms with van der Waals surface area (Å²) in [5, 5.41) is 25.2. The van der Waals surface area contributed by atoms with Gasteiger partial charge in [0.1, 0.15) is 6.10 Å². The summed E-state index contributed by atoms with van der Waals surface area (Å²) in [4.78, 5) is 57.5. The molecule has 57 heavy (non-hydrogen) atoms. The number of aliphatic hydroxyl groups excluding tert-OH is 1. The lowest BCUT2D eigenvalue weighted by Crippen LogP contribution is -2.66. The zero-order chi connectivity index (χ0) is 41.9. The van der Waals surface area contributed by atoms with Crippen molar-refractivity contribution in [2.24, 2.45) is 56.2 Å². The number of Topliss-reactive ketones (excluding diaryl/α,β-unsaturated/α-hetero) is 1. The molecule has 6 rings (SSSR count). The van der Waals surface area contributed by atoms with Gasteiger partial charge in [0, 0.05) is 62.7 Å². The van der Waals surface area contributed by atoms with Gasteiger partial charge < -0.3 is 20.3 Å². The molecule has 3 N–H and O–H groups in total. The van der Waals surface area contributed by atoms with Crippen molar-refractivity contribution in [3.05, 3.63) is 41.2 Å². The number of ether oxygens (including phenoxy) is 1. The first-order chi connectivity index (χ1) is 26.5. The summed E-state index contributed by atoms with van der Waals surface area (Å²) in [6.45, 7) is 23.1. The summed E-state index contributed by atoms with van der Waals surface area (Å²) in [7, 11) is 0. The van der Waals surface area contributed by atoms with Crippen molar-refractivity contribution in [1.82, 2.24) is 15.2 Å². The van der Waals surface area contributed by atoms with Crippen LogP contribution in [-0.2, 0) is 30.5 Å². The Bertz CT molecular complexity index is 1760. The molecule has 1 aromatic heterocycles. The van der Waals surface area contributed by atoms with E-state index >= 15 is 0 Å². The highest BCUT2D eigenvalue weighted by Gasteiger charge is 2.71. The molecule has 9 unspecified atom stereocenters. The quantitative estimate of drug-likeness (QED) is 0.171. The van der Waals surface area contributed by atoms with Crippen LogP contribution in [0, 0.1) is 56.2 Å². The molecule has 10 heteroatoms. The van der Waals surface area contributed by atoms with Gasteiger partial charge in [-0.15, -0.1) is 0 Å². The first-order valence-corrected chi connectivity index (χ1v) is 21.8. The number of pyridine rings is 1. The van der Waals surface area contributed by atoms with Gasteiger partial charge >= 0.3 is 11.9 Å². The number of nitrogens with zero attached hydrogens (tertiary/aromatic N) is 2. The van der Waals surface area contributed by atoms with Crippen LogP contribution in [0.15, 0.2) is 35.7 Å². The van der Waals surface area contributed by atoms with Crippen LogP contribution in [0.1, 0.15) is 139 Å². The Morgan fingerprint density at radius 3 is 2.35 bits per heavy atom. The zero-order valence-corrected chi connectivity index (χ0v) is 36.5. The monoisotopic (exact) mass is 790 g/mol. The van der Waals surface area contributed by atoms with Crippen LogP contribution in [-0.4, -0.2) is 75.6 Å². The number of hydrogen-bond donors (Lipinski definition) is 3. The van der Waals surface area contributed by atoms with E-state index in [-0.39, 0.29) is 57.7 Å². The highest BCUT2D eigenvalue weighted by Crippen LogP contribution is 2.77. The van der Waals surface area contributed by atoms with Crippen LogP contribution in [0.2, 0.25) is 0 Å². The topological polar surface area (TPSA) is 146 Å². The van der Waals surface area contributed by atoms with Crippen LogP contribution >= 0.6 is 0 Å². The number of carboxylic acid groups (broad SMARTS) is 1. The zero-order valence-electron chi connectivity index (χ0n) is 36.5. The fourth-order valence-electron chi connectivity index (χ4n) is 13.7. The SMILES string of the molecule is CC(=O)NCCN(Cc1cccnc1)CC(O)C12CCC3(C)C(CCC4C5(C)CCC(OC(=O)CC(C)(C)C(=O)O)C(C)(C)C5CCC43C)C1=C(C(C)C)C(=O)C2. The molecule has 0 saturated heterocycles. The van der Waals surface area contributed by atoms with Crippen molar-refractivity contribution in [2.45, 2.75) is 152 Å². The van der Waals surface area contributed by atoms with Crippen molar-refractivity contribution in [2.75, 3.05) is 19.6 Å². The van der Waals surface area contributed by atoms with Crippen LogP contribution in [0.3, 0.4) is 0 Å². The van der Waals surface area contributed by atoms with Crippen LogP contribution < -0.4 is 5.32 Å². The number of aliphatic carboxylic acids is 1. The van der Waals surface area contributed by atoms with Gasteiger partial charge in [-0.1, -0.05) is 60.1 Å². The highest BCUT2D eigenvalue weighted by molar-refractivity contribution is 6.00. The molecule has 5 aliphatic carbocycles. The molecule has 0 radical (unpaired) electrons. The van der Waals surface area contributed by atoms with Crippen molar-refractivity contribution < 1.29 is 34.1 Å². The normalized spacial score (nSPS) is 35.2. The second-order valence-corrected chi connectivity index (χ2v) is 21.2. The molecule has 0 bridgehead atoms. The maximum absolute atomic E-state index is 14.3. The summed E-state index contributed by atoms with van der Waals surface area (Å²) < 4.78 is 6.18. The number of allylic oxidation sites excluding steroid dienone is 1. The third-order valence-corrected chi connectivity index (χ3v) is 16.9. The Hall–Kier alpha value is -3.11. The molecule has 0 spiro atoms. The Labute approximate surface area is 341 Å². The molecule has 1 aromatic rings. The maximum atomic E-state index is 14.3. The first kappa shape index (κ1) is 43.5. The van der Waals surface area contributed by atoms with E-state index in [9.17, 15) is 29.4 Å². The van der Waals surface area contributed by atoms with Crippen molar-refractivity contribution in [3.63, 3.8) is 0 Å². The molecule has 10 nitrogen and oxygen atoms in total. The summed E-state index contributed by atoms with van der Waals surface area (Å²) in [6.07, 6.45) is 10.3. The van der Waals surface area contributed by atoms with Gasteiger partial charge in [0.15, 0.2) is 5.78 Å². The average molecular weight is 790 g/mol. The van der Waals surface area contributed by atoms with Gasteiger partial charge in [0.25, 0.3) is 0 Å². The predicted octanol–water partition coefficient (Wildman–Crippen LogP) is 7.77. The van der Waals surface area contributed by atoms with E-state index in [0.717, 1.165) is 62.5 Å². The van der Waals surface area contributed by atoms with Crippen molar-refractivity contribution in [1.29, 1.82) is 0 Å². The van der Waals surface area contributed by atoms with E-state index in [1.165, 1.54) is 12.5 Å². The number of hydrogen-bond acceptors (Lipinski definition) is 8. The molecule has 1 heterocycles. The van der Waals surface area contributed by atoms with Gasteiger partial charge in [0.05, 0.1) is 17.9 Å². The molecule has 1 amide bonds. The molecule has 9 atom stereocenters. The fourth-order valence-corrected chi connectivity index (χ4v) is 13.7. The number of carbonyl (C=O) groups is 4. The number of nitrogens with one attached hydrogen (secondary N) is 1. The number of ketones is 1. The van der Waals surface area contributed by atoms with Crippen LogP contribution in [0.25, 0.3) is 0 Å². The van der Waals surface area contributed by atoms with E-state index in [2.05, 4.69) is 63.7 Å². The summed E-state index contributed by atoms with van der Waals surface area (Å²) in [5.74, 6) is -0.265. The van der Waals surface area contributed by atoms with Gasteiger partial charge in [-0.3, -0.25) is 29.1 Å². The Kier molecular flexibility index (Phi) is 11.8. The minimum Gasteiger partial charge on any atom is -0.481 e. The highest BCUT2D eigenvalue weighted by atomic mass is 16.5. The summed E-state index contributed by atoms with van der Waals surface area (Å²) in [5.41, 5.74) is 1.15. The lowest BCUT2D eigenvalue weighted by Gasteiger charge is -2.72. The summed E-state index contributed by atoms with van der Waals surface area (Å²) in [6, 6.07) is 3.95. The molecule has 5 aliphatic rings. The van der Waals surface area contributed by atoms with E-state index < -0.39 is 28.9 Å². The molecule has 4 saturated carbocycles. The van der Waals surface area contributed by atoms with E-state index in [0.29, 0.717) is 44.4 Å². The Balaban J connectivity index is 1.28. The number of aromatic nitrogens is 1. The number of carboxylic acids is 1. The van der Waals surface area contributed by atoms with Crippen LogP contribution in [0.5, 0.6) is 0 Å². The lowest BCUT2D eigenvalue weighted by atomic mass is 9.33. The number of aliphatic hydroxyl groups is 1. The molecular formula is C47H71N3O7. The predicted molar refractivity (Wildman–Crippen MR) is 220 cm³/mol. The van der Waals surface area contributed by atoms with Gasteiger partial charge in [-0.2, -0.15) is 0 Å². The van der Waals surface area contributed by atoms with Crippen molar-refractivity contribution in [3.8, 4) is 0 Å². The van der Waals surface area contributed by atoms with Gasteiger partial charge in [-0.05, 0) is 122 Å². The number of amides is 1. The standard InChI is InChI=1S/C47H71N3O7/c1-29(2)39-33(52)24-47(36(53)28-50(23-22-49-30(3)51)27-31-12-11-21-48-26-31)20-19-45(9)32(40(39)47)13-14-35-44(8)17-16-37(57-38(54)25-42(4,5)41(55)56)43(6,7)34(44)15-18-46(35,45)10/h11-12,21,26,29,32,34-37,53H,13-20,22-25,27-28H2,1-10H3,(H,49,51)(H,55,56). The van der Waals surface area contributed by atoms with E-state index in [1.54, 1.807) is 20.0 Å². The Morgan fingerprint density at radius 2 is 1.72 bits per heavy atom. The lowest BCUT2D eigenvalue weighted by molar-refractivity contribution is -0.235. The number of carbonyl (C=O) groups excluding carboxylic acids is 3. The largest absolute Gasteiger partial charge is 0.481 e. The maximum Gasteiger partial charge on any atom is 0.309 e. The smallest absolute Gasteiger partial charge is 0.309 e. The summed E-state index contributed by atoms with van der Waals surface area (Å²) >= 11 is 0. The molecular weight excluding hydrogens is 719 g/mol. The minimum atomic E-state index is -1.18. The average Bonchev–Trinajstić information content (AvgIpc) is 3.43. The third-order valence-electron chi connectivity index (χ3n) is 16.9. The van der Waals surface area contributed by atoms with Crippen LogP contribution in [0.4, 0.5) is 0 Å². The Morgan fingerprint density at radius 1 is 1.00 bits per heavy atom. The number of fused-ring (bicyclic) bond motifs is 7. The second-order valence-electron chi connectivity index (χ2n) is 21.2. The minimum absolute atomic E-state index is 0.00875. The van der Waals surface area contributed by atoms with E-state index in [1.807, 2.05) is 18.3 Å². The third kappa shape index (κ3) is 7.42. The molecule has 4 fully saturated rings. The molecule has 316 valence electrons.